The number of amides is 1. The molecule has 21 heavy (non-hydrogen) atoms. The van der Waals surface area contributed by atoms with Gasteiger partial charge in [0.25, 0.3) is 0 Å². The molecule has 0 aliphatic carbocycles. The van der Waals surface area contributed by atoms with Crippen LogP contribution in [0.2, 0.25) is 0 Å². The number of carboxylic acids is 1. The molecule has 2 rings (SSSR count). The van der Waals surface area contributed by atoms with E-state index in [9.17, 15) is 14.0 Å². The summed E-state index contributed by atoms with van der Waals surface area (Å²) in [6, 6.07) is 5.88. The van der Waals surface area contributed by atoms with Gasteiger partial charge in [0, 0.05) is 18.7 Å². The molecule has 1 aromatic rings. The molecule has 0 saturated carbocycles. The van der Waals surface area contributed by atoms with Gasteiger partial charge in [-0.2, -0.15) is 0 Å². The first-order valence-electron chi connectivity index (χ1n) is 6.93. The predicted molar refractivity (Wildman–Crippen MR) is 77.0 cm³/mol. The molecule has 112 valence electrons. The minimum Gasteiger partial charge on any atom is -0.481 e. The van der Waals surface area contributed by atoms with Crippen molar-refractivity contribution in [1.29, 1.82) is 0 Å². The molecule has 0 aromatic heterocycles. The number of halogens is 1. The van der Waals surface area contributed by atoms with Gasteiger partial charge in [0.05, 0.1) is 5.92 Å². The molecule has 1 saturated heterocycles. The van der Waals surface area contributed by atoms with Gasteiger partial charge in [0.1, 0.15) is 5.82 Å². The number of likely N-dealkylation sites (tertiary alicyclic amines) is 1. The number of rotatable bonds is 3. The third-order valence-corrected chi connectivity index (χ3v) is 3.65. The summed E-state index contributed by atoms with van der Waals surface area (Å²) in [5, 5.41) is 9.05. The molecule has 1 fully saturated rings. The van der Waals surface area contributed by atoms with Crippen molar-refractivity contribution in [2.24, 2.45) is 5.92 Å². The topological polar surface area (TPSA) is 57.6 Å². The molecule has 5 heteroatoms. The lowest BCUT2D eigenvalue weighted by Gasteiger charge is -2.31. The number of carbonyl (C=O) groups excluding carboxylic acids is 1. The largest absolute Gasteiger partial charge is 0.481 e. The SMILES string of the molecule is C/C(=C/c1ccc(F)cc1)C(=O)N1CCC[C@@H](C(=O)O)C1. The van der Waals surface area contributed by atoms with Gasteiger partial charge in [-0.3, -0.25) is 9.59 Å². The van der Waals surface area contributed by atoms with Crippen molar-refractivity contribution >= 4 is 18.0 Å². The second kappa shape index (κ2) is 6.52. The van der Waals surface area contributed by atoms with Gasteiger partial charge in [-0.15, -0.1) is 0 Å². The van der Waals surface area contributed by atoms with E-state index in [4.69, 9.17) is 5.11 Å². The van der Waals surface area contributed by atoms with E-state index in [1.54, 1.807) is 30.0 Å². The number of nitrogens with zero attached hydrogens (tertiary/aromatic N) is 1. The van der Waals surface area contributed by atoms with Crippen molar-refractivity contribution < 1.29 is 19.1 Å². The number of carboxylic acid groups (broad SMARTS) is 1. The summed E-state index contributed by atoms with van der Waals surface area (Å²) in [6.45, 7) is 2.52. The molecule has 0 radical (unpaired) electrons. The monoisotopic (exact) mass is 291 g/mol. The van der Waals surface area contributed by atoms with Crippen molar-refractivity contribution in [3.8, 4) is 0 Å². The summed E-state index contributed by atoms with van der Waals surface area (Å²) in [7, 11) is 0. The minimum atomic E-state index is -0.854. The van der Waals surface area contributed by atoms with E-state index in [0.717, 1.165) is 5.56 Å². The molecule has 1 aliphatic rings. The molecular weight excluding hydrogens is 273 g/mol. The van der Waals surface area contributed by atoms with Crippen LogP contribution < -0.4 is 0 Å². The molecule has 1 N–H and O–H groups in total. The van der Waals surface area contributed by atoms with E-state index in [-0.39, 0.29) is 18.3 Å². The molecule has 1 heterocycles. The lowest BCUT2D eigenvalue weighted by Crippen LogP contribution is -2.42. The number of hydrogen-bond acceptors (Lipinski definition) is 2. The summed E-state index contributed by atoms with van der Waals surface area (Å²) in [6.07, 6.45) is 3.00. The lowest BCUT2D eigenvalue weighted by molar-refractivity contribution is -0.145. The van der Waals surface area contributed by atoms with Crippen LogP contribution >= 0.6 is 0 Å². The van der Waals surface area contributed by atoms with Crippen molar-refractivity contribution in [3.05, 3.63) is 41.2 Å². The van der Waals surface area contributed by atoms with Crippen LogP contribution in [-0.2, 0) is 9.59 Å². The molecule has 0 unspecified atom stereocenters. The van der Waals surface area contributed by atoms with Crippen molar-refractivity contribution in [3.63, 3.8) is 0 Å². The van der Waals surface area contributed by atoms with Gasteiger partial charge in [-0.1, -0.05) is 12.1 Å². The van der Waals surface area contributed by atoms with E-state index in [2.05, 4.69) is 0 Å². The number of hydrogen-bond donors (Lipinski definition) is 1. The second-order valence-electron chi connectivity index (χ2n) is 5.31. The van der Waals surface area contributed by atoms with Crippen molar-refractivity contribution in [1.82, 2.24) is 4.90 Å². The highest BCUT2D eigenvalue weighted by Gasteiger charge is 2.28. The van der Waals surface area contributed by atoms with Crippen molar-refractivity contribution in [2.45, 2.75) is 19.8 Å². The minimum absolute atomic E-state index is 0.162. The molecule has 0 bridgehead atoms. The zero-order chi connectivity index (χ0) is 15.4. The average Bonchev–Trinajstić information content (AvgIpc) is 2.49. The normalized spacial score (nSPS) is 19.4. The van der Waals surface area contributed by atoms with Crippen LogP contribution in [0.4, 0.5) is 4.39 Å². The first-order valence-corrected chi connectivity index (χ1v) is 6.93. The summed E-state index contributed by atoms with van der Waals surface area (Å²) < 4.78 is 12.8. The summed E-state index contributed by atoms with van der Waals surface area (Å²) >= 11 is 0. The predicted octanol–water partition coefficient (Wildman–Crippen LogP) is 2.55. The van der Waals surface area contributed by atoms with Gasteiger partial charge >= 0.3 is 5.97 Å². The first-order chi connectivity index (χ1) is 9.97. The highest BCUT2D eigenvalue weighted by atomic mass is 19.1. The van der Waals surface area contributed by atoms with Crippen LogP contribution in [0, 0.1) is 11.7 Å². The van der Waals surface area contributed by atoms with Crippen LogP contribution in [0.15, 0.2) is 29.8 Å². The maximum atomic E-state index is 12.8. The summed E-state index contributed by atoms with van der Waals surface area (Å²) in [5.41, 5.74) is 1.27. The van der Waals surface area contributed by atoms with E-state index in [0.29, 0.717) is 25.0 Å². The maximum absolute atomic E-state index is 12.8. The fraction of sp³-hybridized carbons (Fsp3) is 0.375. The van der Waals surface area contributed by atoms with Gasteiger partial charge in [0.2, 0.25) is 5.91 Å². The Morgan fingerprint density at radius 3 is 2.62 bits per heavy atom. The Hall–Kier alpha value is -2.17. The van der Waals surface area contributed by atoms with Crippen LogP contribution in [0.25, 0.3) is 6.08 Å². The highest BCUT2D eigenvalue weighted by molar-refractivity contribution is 5.97. The molecular formula is C16H18FNO3. The Balaban J connectivity index is 2.08. The molecule has 1 aliphatic heterocycles. The molecule has 0 spiro atoms. The average molecular weight is 291 g/mol. The Labute approximate surface area is 122 Å². The molecule has 1 amide bonds. The zero-order valence-corrected chi connectivity index (χ0v) is 11.9. The van der Waals surface area contributed by atoms with Gasteiger partial charge in [-0.05, 0) is 43.5 Å². The quantitative estimate of drug-likeness (QED) is 0.871. The Morgan fingerprint density at radius 2 is 2.00 bits per heavy atom. The highest BCUT2D eigenvalue weighted by Crippen LogP contribution is 2.19. The Morgan fingerprint density at radius 1 is 1.33 bits per heavy atom. The first kappa shape index (κ1) is 15.2. The van der Waals surface area contributed by atoms with Crippen LogP contribution in [-0.4, -0.2) is 35.0 Å². The molecule has 1 atom stereocenters. The second-order valence-corrected chi connectivity index (χ2v) is 5.31. The van der Waals surface area contributed by atoms with Crippen LogP contribution in [0.3, 0.4) is 0 Å². The van der Waals surface area contributed by atoms with Crippen LogP contribution in [0.5, 0.6) is 0 Å². The van der Waals surface area contributed by atoms with Gasteiger partial charge in [-0.25, -0.2) is 4.39 Å². The number of benzene rings is 1. The van der Waals surface area contributed by atoms with E-state index in [1.807, 2.05) is 0 Å². The Bertz CT molecular complexity index is 565. The smallest absolute Gasteiger partial charge is 0.308 e. The fourth-order valence-electron chi connectivity index (χ4n) is 2.48. The van der Waals surface area contributed by atoms with Crippen molar-refractivity contribution in [2.75, 3.05) is 13.1 Å². The van der Waals surface area contributed by atoms with Crippen LogP contribution in [0.1, 0.15) is 25.3 Å². The van der Waals surface area contributed by atoms with E-state index < -0.39 is 11.9 Å². The number of piperidine rings is 1. The fourth-order valence-corrected chi connectivity index (χ4v) is 2.48. The lowest BCUT2D eigenvalue weighted by atomic mass is 9.97. The van der Waals surface area contributed by atoms with E-state index >= 15 is 0 Å². The Kier molecular flexibility index (Phi) is 4.73. The third kappa shape index (κ3) is 3.90. The third-order valence-electron chi connectivity index (χ3n) is 3.65. The molecule has 4 nitrogen and oxygen atoms in total. The standard InChI is InChI=1S/C16H18FNO3/c1-11(9-12-4-6-14(17)7-5-12)15(19)18-8-2-3-13(10-18)16(20)21/h4-7,9,13H,2-3,8,10H2,1H3,(H,20,21)/b11-9-/t13-/m1/s1. The maximum Gasteiger partial charge on any atom is 0.308 e. The number of aliphatic carboxylic acids is 1. The summed E-state index contributed by atoms with van der Waals surface area (Å²) in [5.74, 6) is -1.82. The molecule has 1 aromatic carbocycles. The number of carbonyl (C=O) groups is 2. The summed E-state index contributed by atoms with van der Waals surface area (Å²) in [4.78, 5) is 24.9. The van der Waals surface area contributed by atoms with E-state index in [1.165, 1.54) is 12.1 Å². The van der Waals surface area contributed by atoms with Gasteiger partial charge < -0.3 is 10.0 Å². The zero-order valence-electron chi connectivity index (χ0n) is 11.9. The van der Waals surface area contributed by atoms with Gasteiger partial charge in [0.15, 0.2) is 0 Å².